The molecule has 2 atom stereocenters. The first kappa shape index (κ1) is 11.4. The minimum absolute atomic E-state index is 0.114. The molecule has 0 saturated heterocycles. The van der Waals surface area contributed by atoms with Gasteiger partial charge in [-0.05, 0) is 24.5 Å². The molecule has 1 aliphatic carbocycles. The van der Waals surface area contributed by atoms with Crippen molar-refractivity contribution in [3.8, 4) is 0 Å². The number of hydrogen-bond donors (Lipinski definition) is 2. The number of nitrogens with zero attached hydrogens (tertiary/aromatic N) is 2. The lowest BCUT2D eigenvalue weighted by Gasteiger charge is -2.11. The molecule has 5 heteroatoms. The van der Waals surface area contributed by atoms with E-state index in [2.05, 4.69) is 27.6 Å². The van der Waals surface area contributed by atoms with Crippen LogP contribution in [0.5, 0.6) is 0 Å². The number of fused-ring (bicyclic) bond motifs is 1. The molecule has 2 aromatic rings. The molecule has 2 unspecified atom stereocenters. The molecule has 1 aromatic carbocycles. The SMILES string of the molecule is Cc1noc(CNC2CC(N)c3ccccc32)n1. The highest BCUT2D eigenvalue weighted by Crippen LogP contribution is 2.36. The van der Waals surface area contributed by atoms with Gasteiger partial charge in [0.25, 0.3) is 0 Å². The fraction of sp³-hybridized carbons (Fsp3) is 0.385. The molecule has 0 amide bonds. The van der Waals surface area contributed by atoms with Crippen LogP contribution in [0.15, 0.2) is 28.8 Å². The van der Waals surface area contributed by atoms with Gasteiger partial charge in [-0.1, -0.05) is 29.4 Å². The maximum absolute atomic E-state index is 6.12. The summed E-state index contributed by atoms with van der Waals surface area (Å²) in [7, 11) is 0. The van der Waals surface area contributed by atoms with Crippen molar-refractivity contribution >= 4 is 0 Å². The number of aryl methyl sites for hydroxylation is 1. The summed E-state index contributed by atoms with van der Waals surface area (Å²) < 4.78 is 5.08. The van der Waals surface area contributed by atoms with E-state index in [4.69, 9.17) is 10.3 Å². The summed E-state index contributed by atoms with van der Waals surface area (Å²) in [5.41, 5.74) is 8.63. The predicted molar refractivity (Wildman–Crippen MR) is 66.6 cm³/mol. The van der Waals surface area contributed by atoms with E-state index in [0.29, 0.717) is 18.3 Å². The van der Waals surface area contributed by atoms with E-state index in [1.165, 1.54) is 11.1 Å². The lowest BCUT2D eigenvalue weighted by Crippen LogP contribution is -2.19. The van der Waals surface area contributed by atoms with Gasteiger partial charge >= 0.3 is 0 Å². The second-order valence-corrected chi connectivity index (χ2v) is 4.64. The number of nitrogens with two attached hydrogens (primary N) is 1. The third-order valence-corrected chi connectivity index (χ3v) is 3.33. The Balaban J connectivity index is 1.72. The zero-order valence-corrected chi connectivity index (χ0v) is 10.3. The number of aromatic nitrogens is 2. The molecule has 18 heavy (non-hydrogen) atoms. The minimum Gasteiger partial charge on any atom is -0.338 e. The van der Waals surface area contributed by atoms with Gasteiger partial charge < -0.3 is 15.6 Å². The van der Waals surface area contributed by atoms with E-state index < -0.39 is 0 Å². The van der Waals surface area contributed by atoms with Gasteiger partial charge in [-0.2, -0.15) is 4.98 Å². The number of hydrogen-bond acceptors (Lipinski definition) is 5. The minimum atomic E-state index is 0.114. The van der Waals surface area contributed by atoms with Crippen LogP contribution in [0.25, 0.3) is 0 Å². The van der Waals surface area contributed by atoms with Crippen molar-refractivity contribution in [3.63, 3.8) is 0 Å². The lowest BCUT2D eigenvalue weighted by molar-refractivity contribution is 0.352. The summed E-state index contributed by atoms with van der Waals surface area (Å²) in [4.78, 5) is 4.18. The van der Waals surface area contributed by atoms with Gasteiger partial charge in [0.05, 0.1) is 6.54 Å². The maximum atomic E-state index is 6.12. The second kappa shape index (κ2) is 4.51. The van der Waals surface area contributed by atoms with Crippen LogP contribution in [-0.4, -0.2) is 10.1 Å². The van der Waals surface area contributed by atoms with Crippen LogP contribution in [0.4, 0.5) is 0 Å². The molecule has 0 radical (unpaired) electrons. The van der Waals surface area contributed by atoms with Crippen molar-refractivity contribution < 1.29 is 4.52 Å². The molecule has 3 rings (SSSR count). The zero-order chi connectivity index (χ0) is 12.5. The quantitative estimate of drug-likeness (QED) is 0.857. The van der Waals surface area contributed by atoms with Crippen LogP contribution in [0, 0.1) is 6.92 Å². The average Bonchev–Trinajstić information content (AvgIpc) is 2.92. The van der Waals surface area contributed by atoms with E-state index in [-0.39, 0.29) is 12.1 Å². The van der Waals surface area contributed by atoms with Crippen LogP contribution in [0.2, 0.25) is 0 Å². The molecule has 0 spiro atoms. The fourth-order valence-corrected chi connectivity index (χ4v) is 2.49. The van der Waals surface area contributed by atoms with E-state index in [1.54, 1.807) is 0 Å². The first-order chi connectivity index (χ1) is 8.74. The van der Waals surface area contributed by atoms with Crippen molar-refractivity contribution in [1.29, 1.82) is 0 Å². The zero-order valence-electron chi connectivity index (χ0n) is 10.3. The monoisotopic (exact) mass is 244 g/mol. The van der Waals surface area contributed by atoms with Crippen LogP contribution in [0.1, 0.15) is 41.3 Å². The maximum Gasteiger partial charge on any atom is 0.240 e. The van der Waals surface area contributed by atoms with Gasteiger partial charge in [0.1, 0.15) is 0 Å². The van der Waals surface area contributed by atoms with E-state index >= 15 is 0 Å². The Bertz CT molecular complexity index is 551. The lowest BCUT2D eigenvalue weighted by atomic mass is 10.1. The fourth-order valence-electron chi connectivity index (χ4n) is 2.49. The summed E-state index contributed by atoms with van der Waals surface area (Å²) in [5.74, 6) is 1.28. The van der Waals surface area contributed by atoms with Crippen molar-refractivity contribution in [2.75, 3.05) is 0 Å². The third-order valence-electron chi connectivity index (χ3n) is 3.33. The summed E-state index contributed by atoms with van der Waals surface area (Å²) in [6, 6.07) is 8.67. The standard InChI is InChI=1S/C13H16N4O/c1-8-16-13(18-17-8)7-15-12-6-11(14)9-4-2-3-5-10(9)12/h2-5,11-12,15H,6-7,14H2,1H3. The van der Waals surface area contributed by atoms with Crippen LogP contribution in [0.3, 0.4) is 0 Å². The van der Waals surface area contributed by atoms with Gasteiger partial charge in [0.2, 0.25) is 5.89 Å². The van der Waals surface area contributed by atoms with E-state index in [0.717, 1.165) is 6.42 Å². The first-order valence-corrected chi connectivity index (χ1v) is 6.11. The Morgan fingerprint density at radius 1 is 1.39 bits per heavy atom. The Kier molecular flexibility index (Phi) is 2.85. The average molecular weight is 244 g/mol. The molecule has 94 valence electrons. The Morgan fingerprint density at radius 3 is 2.89 bits per heavy atom. The van der Waals surface area contributed by atoms with Gasteiger partial charge in [0.15, 0.2) is 5.82 Å². The Labute approximate surface area is 105 Å². The van der Waals surface area contributed by atoms with Crippen molar-refractivity contribution in [2.24, 2.45) is 5.73 Å². The predicted octanol–water partition coefficient (Wildman–Crippen LogP) is 1.61. The van der Waals surface area contributed by atoms with E-state index in [9.17, 15) is 0 Å². The van der Waals surface area contributed by atoms with Gasteiger partial charge in [0, 0.05) is 12.1 Å². The molecule has 1 aliphatic rings. The highest BCUT2D eigenvalue weighted by molar-refractivity contribution is 5.37. The molecule has 0 bridgehead atoms. The van der Waals surface area contributed by atoms with Crippen molar-refractivity contribution in [2.45, 2.75) is 32.0 Å². The topological polar surface area (TPSA) is 77.0 Å². The number of nitrogens with one attached hydrogen (secondary N) is 1. The highest BCUT2D eigenvalue weighted by atomic mass is 16.5. The first-order valence-electron chi connectivity index (χ1n) is 6.11. The van der Waals surface area contributed by atoms with Crippen molar-refractivity contribution in [3.05, 3.63) is 47.1 Å². The largest absolute Gasteiger partial charge is 0.338 e. The second-order valence-electron chi connectivity index (χ2n) is 4.64. The molecular formula is C13H16N4O. The molecule has 1 aromatic heterocycles. The Hall–Kier alpha value is -1.72. The van der Waals surface area contributed by atoms with Gasteiger partial charge in [-0.15, -0.1) is 0 Å². The molecule has 5 nitrogen and oxygen atoms in total. The summed E-state index contributed by atoms with van der Waals surface area (Å²) in [6.07, 6.45) is 0.909. The van der Waals surface area contributed by atoms with Gasteiger partial charge in [-0.25, -0.2) is 0 Å². The molecule has 1 heterocycles. The highest BCUT2D eigenvalue weighted by Gasteiger charge is 2.27. The number of benzene rings is 1. The van der Waals surface area contributed by atoms with Crippen LogP contribution >= 0.6 is 0 Å². The molecule has 0 saturated carbocycles. The van der Waals surface area contributed by atoms with Crippen molar-refractivity contribution in [1.82, 2.24) is 15.5 Å². The van der Waals surface area contributed by atoms with Crippen LogP contribution in [-0.2, 0) is 6.54 Å². The smallest absolute Gasteiger partial charge is 0.240 e. The van der Waals surface area contributed by atoms with E-state index in [1.807, 2.05) is 19.1 Å². The summed E-state index contributed by atoms with van der Waals surface area (Å²) >= 11 is 0. The summed E-state index contributed by atoms with van der Waals surface area (Å²) in [6.45, 7) is 2.39. The van der Waals surface area contributed by atoms with Crippen LogP contribution < -0.4 is 11.1 Å². The Morgan fingerprint density at radius 2 is 2.17 bits per heavy atom. The normalized spacial score (nSPS) is 22.1. The molecule has 0 fully saturated rings. The summed E-state index contributed by atoms with van der Waals surface area (Å²) in [5, 5.41) is 7.19. The molecular weight excluding hydrogens is 228 g/mol. The third kappa shape index (κ3) is 2.02. The molecule has 3 N–H and O–H groups in total. The van der Waals surface area contributed by atoms with Gasteiger partial charge in [-0.3, -0.25) is 0 Å². The number of rotatable bonds is 3. The molecule has 0 aliphatic heterocycles.